The molecule has 1 aromatic rings. The van der Waals surface area contributed by atoms with Crippen molar-refractivity contribution in [1.82, 2.24) is 9.55 Å². The highest BCUT2D eigenvalue weighted by atomic mass is 31.3. The summed E-state index contributed by atoms with van der Waals surface area (Å²) in [6.07, 6.45) is -6.15. The molecule has 1 aliphatic heterocycles. The van der Waals surface area contributed by atoms with Crippen molar-refractivity contribution in [2.75, 3.05) is 6.61 Å². The predicted molar refractivity (Wildman–Crippen MR) is 93.0 cm³/mol. The van der Waals surface area contributed by atoms with Gasteiger partial charge in [0.25, 0.3) is 5.56 Å². The van der Waals surface area contributed by atoms with E-state index < -0.39 is 72.5 Å². The molecule has 0 aromatic carbocycles. The van der Waals surface area contributed by atoms with Gasteiger partial charge in [-0.25, -0.2) is 18.5 Å². The van der Waals surface area contributed by atoms with Crippen LogP contribution < -0.4 is 11.2 Å². The number of aliphatic hydroxyl groups is 3. The number of phosphoric ester groups is 1. The molecule has 1 fully saturated rings. The first-order valence-electron chi connectivity index (χ1n) is 7.80. The molecule has 1 aliphatic rings. The van der Waals surface area contributed by atoms with E-state index in [2.05, 4.69) is 13.1 Å². The normalized spacial score (nSPS) is 28.2. The van der Waals surface area contributed by atoms with Crippen LogP contribution in [0.4, 0.5) is 0 Å². The summed E-state index contributed by atoms with van der Waals surface area (Å²) in [6, 6.07) is 0. The largest absolute Gasteiger partial charge is 0.490 e. The number of rotatable bonds is 9. The van der Waals surface area contributed by atoms with E-state index >= 15 is 0 Å². The zero-order chi connectivity index (χ0) is 23.8. The van der Waals surface area contributed by atoms with Gasteiger partial charge in [0.15, 0.2) is 6.23 Å². The van der Waals surface area contributed by atoms with Crippen molar-refractivity contribution in [3.63, 3.8) is 0 Å². The Bertz CT molecular complexity index is 1060. The highest BCUT2D eigenvalue weighted by molar-refractivity contribution is 7.66. The second kappa shape index (κ2) is 9.43. The predicted octanol–water partition coefficient (Wildman–Crippen LogP) is -3.01. The Hall–Kier alpha value is -1.07. The maximum atomic E-state index is 11.9. The van der Waals surface area contributed by atoms with E-state index in [9.17, 15) is 38.4 Å². The van der Waals surface area contributed by atoms with Crippen molar-refractivity contribution in [3.8, 4) is 0 Å². The standard InChI is InChI=1S/C10H17N2O16P3/c13-2-4-1-12(10(17)11-8(4)16)9-7(15)6(14)5(26-9)3-25-30(21,22)28-31(23,24)27-29(18,19)20/h1,5-7,9,13-15H,2-3H2,(H,21,22)(H,23,24)(H,11,16,17)(H2,18,19,20)/t5-,6?,7+,9-/m1/s1. The molecule has 1 saturated heterocycles. The highest BCUT2D eigenvalue weighted by Crippen LogP contribution is 2.66. The van der Waals surface area contributed by atoms with Crippen LogP contribution in [0, 0.1) is 0 Å². The minimum atomic E-state index is -5.76. The number of nitrogens with zero attached hydrogens (tertiary/aromatic N) is 1. The maximum Gasteiger partial charge on any atom is 0.490 e. The van der Waals surface area contributed by atoms with Crippen molar-refractivity contribution in [2.24, 2.45) is 0 Å². The molecule has 0 saturated carbocycles. The van der Waals surface area contributed by atoms with Gasteiger partial charge in [-0.05, 0) is 0 Å². The van der Waals surface area contributed by atoms with Crippen molar-refractivity contribution in [3.05, 3.63) is 32.6 Å². The van der Waals surface area contributed by atoms with Crippen LogP contribution in [-0.4, -0.2) is 69.4 Å². The lowest BCUT2D eigenvalue weighted by atomic mass is 10.1. The molecule has 8 N–H and O–H groups in total. The second-order valence-corrected chi connectivity index (χ2v) is 10.3. The quantitative estimate of drug-likeness (QED) is 0.152. The van der Waals surface area contributed by atoms with E-state index in [-0.39, 0.29) is 5.56 Å². The van der Waals surface area contributed by atoms with Crippen LogP contribution in [0.25, 0.3) is 0 Å². The molecule has 31 heavy (non-hydrogen) atoms. The van der Waals surface area contributed by atoms with Crippen LogP contribution >= 0.6 is 23.5 Å². The average molecular weight is 514 g/mol. The van der Waals surface area contributed by atoms with E-state index in [1.807, 2.05) is 4.98 Å². The topological polar surface area (TPSA) is 285 Å². The molecule has 1 aromatic heterocycles. The summed E-state index contributed by atoms with van der Waals surface area (Å²) in [7, 11) is -16.9. The van der Waals surface area contributed by atoms with Crippen LogP contribution in [-0.2, 0) is 38.2 Å². The van der Waals surface area contributed by atoms with Gasteiger partial charge in [0, 0.05) is 6.20 Å². The Labute approximate surface area is 170 Å². The third-order valence-corrected chi connectivity index (χ3v) is 7.44. The highest BCUT2D eigenvalue weighted by Gasteiger charge is 2.46. The lowest BCUT2D eigenvalue weighted by Crippen LogP contribution is -2.39. The van der Waals surface area contributed by atoms with E-state index in [1.165, 1.54) is 0 Å². The third kappa shape index (κ3) is 6.95. The van der Waals surface area contributed by atoms with Gasteiger partial charge in [-0.2, -0.15) is 8.62 Å². The number of aromatic amines is 1. The zero-order valence-corrected chi connectivity index (χ0v) is 17.6. The van der Waals surface area contributed by atoms with Crippen LogP contribution in [0.5, 0.6) is 0 Å². The molecule has 18 nitrogen and oxygen atoms in total. The number of nitrogens with one attached hydrogen (secondary N) is 1. The van der Waals surface area contributed by atoms with Crippen molar-refractivity contribution >= 4 is 23.5 Å². The van der Waals surface area contributed by atoms with Gasteiger partial charge < -0.3 is 39.6 Å². The van der Waals surface area contributed by atoms with Gasteiger partial charge in [0.05, 0.1) is 18.8 Å². The lowest BCUT2D eigenvalue weighted by molar-refractivity contribution is -0.0544. The van der Waals surface area contributed by atoms with Gasteiger partial charge in [-0.3, -0.25) is 18.9 Å². The summed E-state index contributed by atoms with van der Waals surface area (Å²) in [5.41, 5.74) is -2.30. The summed E-state index contributed by atoms with van der Waals surface area (Å²) in [4.78, 5) is 60.6. The van der Waals surface area contributed by atoms with Gasteiger partial charge in [0.1, 0.15) is 18.3 Å². The maximum absolute atomic E-state index is 11.9. The second-order valence-electron chi connectivity index (χ2n) is 5.91. The van der Waals surface area contributed by atoms with Crippen LogP contribution in [0.2, 0.25) is 0 Å². The Morgan fingerprint density at radius 2 is 1.65 bits per heavy atom. The van der Waals surface area contributed by atoms with Crippen molar-refractivity contribution < 1.29 is 66.5 Å². The number of phosphoric acid groups is 3. The molecule has 2 heterocycles. The summed E-state index contributed by atoms with van der Waals surface area (Å²) in [5, 5.41) is 29.2. The monoisotopic (exact) mass is 514 g/mol. The Balaban J connectivity index is 2.12. The number of aliphatic hydroxyl groups excluding tert-OH is 3. The van der Waals surface area contributed by atoms with Gasteiger partial charge in [0.2, 0.25) is 0 Å². The van der Waals surface area contributed by atoms with Crippen molar-refractivity contribution in [2.45, 2.75) is 31.1 Å². The fraction of sp³-hybridized carbons (Fsp3) is 0.600. The molecule has 0 spiro atoms. The van der Waals surface area contributed by atoms with Gasteiger partial charge in [-0.1, -0.05) is 0 Å². The Morgan fingerprint density at radius 1 is 1.03 bits per heavy atom. The first kappa shape index (κ1) is 26.2. The summed E-state index contributed by atoms with van der Waals surface area (Å²) >= 11 is 0. The fourth-order valence-corrected chi connectivity index (χ4v) is 5.43. The van der Waals surface area contributed by atoms with Crippen LogP contribution in [0.3, 0.4) is 0 Å². The minimum Gasteiger partial charge on any atom is -0.391 e. The number of H-pyrrole nitrogens is 1. The minimum absolute atomic E-state index is 0.290. The molecular weight excluding hydrogens is 497 g/mol. The molecule has 0 radical (unpaired) electrons. The molecule has 0 bridgehead atoms. The molecule has 0 aliphatic carbocycles. The fourth-order valence-electron chi connectivity index (χ4n) is 2.40. The van der Waals surface area contributed by atoms with E-state index in [1.54, 1.807) is 0 Å². The number of aromatic nitrogens is 2. The third-order valence-electron chi connectivity index (χ3n) is 3.64. The number of hydrogen-bond acceptors (Lipinski definition) is 12. The summed E-state index contributed by atoms with van der Waals surface area (Å²) < 4.78 is 50.6. The molecule has 2 rings (SSSR count). The first-order chi connectivity index (χ1) is 14.1. The number of hydrogen-bond donors (Lipinski definition) is 8. The molecule has 6 atom stereocenters. The molecule has 0 amide bonds. The summed E-state index contributed by atoms with van der Waals surface area (Å²) in [5.74, 6) is 0. The lowest BCUT2D eigenvalue weighted by Gasteiger charge is -2.19. The van der Waals surface area contributed by atoms with E-state index in [4.69, 9.17) is 24.5 Å². The molecule has 178 valence electrons. The molecular formula is C10H17N2O16P3. The van der Waals surface area contributed by atoms with Gasteiger partial charge >= 0.3 is 29.2 Å². The van der Waals surface area contributed by atoms with Crippen molar-refractivity contribution in [1.29, 1.82) is 0 Å². The first-order valence-corrected chi connectivity index (χ1v) is 12.3. The van der Waals surface area contributed by atoms with Gasteiger partial charge in [-0.15, -0.1) is 0 Å². The summed E-state index contributed by atoms with van der Waals surface area (Å²) in [6.45, 7) is -1.88. The smallest absolute Gasteiger partial charge is 0.391 e. The average Bonchev–Trinajstić information content (AvgIpc) is 2.85. The zero-order valence-electron chi connectivity index (χ0n) is 14.9. The Kier molecular flexibility index (Phi) is 7.96. The van der Waals surface area contributed by atoms with E-state index in [0.29, 0.717) is 4.57 Å². The van der Waals surface area contributed by atoms with Crippen LogP contribution in [0.15, 0.2) is 15.8 Å². The van der Waals surface area contributed by atoms with E-state index in [0.717, 1.165) is 6.20 Å². The number of ether oxygens (including phenoxy) is 1. The van der Waals surface area contributed by atoms with Crippen LogP contribution in [0.1, 0.15) is 11.8 Å². The Morgan fingerprint density at radius 3 is 2.19 bits per heavy atom. The SMILES string of the molecule is O=c1[nH]c(=O)n([C@@H]2O[C@H](COP(=O)(O)OP(=O)(O)OP(=O)(O)O)C(O)[C@@H]2O)cc1CO. The molecule has 3 unspecified atom stereocenters. The molecule has 21 heteroatoms.